The summed E-state index contributed by atoms with van der Waals surface area (Å²) in [5.41, 5.74) is 2.28. The number of rotatable bonds is 8. The van der Waals surface area contributed by atoms with Crippen LogP contribution < -0.4 is 9.80 Å². The molecule has 5 aliphatic rings. The first-order valence-electron chi connectivity index (χ1n) is 19.5. The molecule has 4 aromatic carbocycles. The Balaban J connectivity index is 1.09. The van der Waals surface area contributed by atoms with Crippen molar-refractivity contribution in [3.8, 4) is 0 Å². The van der Waals surface area contributed by atoms with E-state index in [-0.39, 0.29) is 30.0 Å². The maximum absolute atomic E-state index is 14.7. The van der Waals surface area contributed by atoms with Crippen LogP contribution in [0.5, 0.6) is 0 Å². The smallest absolute Gasteiger partial charge is 0.253 e. The predicted octanol–water partition coefficient (Wildman–Crippen LogP) is 8.48. The molecule has 0 N–H and O–H groups in total. The van der Waals surface area contributed by atoms with E-state index < -0.39 is 16.2 Å². The van der Waals surface area contributed by atoms with E-state index in [9.17, 15) is 14.4 Å². The summed E-state index contributed by atoms with van der Waals surface area (Å²) in [5.74, 6) is 0.0630. The molecule has 1 saturated carbocycles. The molecule has 1 aliphatic carbocycles. The van der Waals surface area contributed by atoms with Crippen molar-refractivity contribution in [2.75, 3.05) is 28.6 Å². The number of hydrazone groups is 1. The van der Waals surface area contributed by atoms with Gasteiger partial charge in [0, 0.05) is 6.54 Å². The summed E-state index contributed by atoms with van der Waals surface area (Å²) in [4.78, 5) is 56.6. The molecule has 0 bridgehead atoms. The summed E-state index contributed by atoms with van der Waals surface area (Å²) in [5, 5.41) is 12.0. The minimum absolute atomic E-state index is 0.0489. The fraction of sp³-hybridized carbons (Fsp3) is 0.302. The van der Waals surface area contributed by atoms with Crippen LogP contribution in [0.1, 0.15) is 44.9 Å². The third-order valence-corrected chi connectivity index (χ3v) is 14.0. The summed E-state index contributed by atoms with van der Waals surface area (Å²) >= 11 is 4.30. The monoisotopic (exact) mass is 814 g/mol. The zero-order valence-corrected chi connectivity index (χ0v) is 33.7. The molecule has 14 heteroatoms. The first-order valence-corrected chi connectivity index (χ1v) is 22.2. The largest absolute Gasteiger partial charge is 0.273 e. The van der Waals surface area contributed by atoms with E-state index >= 15 is 0 Å². The minimum atomic E-state index is -0.750. The number of fused-ring (bicyclic) bond motifs is 1. The number of amides is 3. The number of carbonyl (C=O) groups excluding carboxylic acids is 3. The Bertz CT molecular complexity index is 2200. The number of hydrogen-bond acceptors (Lipinski definition) is 11. The van der Waals surface area contributed by atoms with E-state index in [1.54, 1.807) is 14.8 Å². The molecule has 4 fully saturated rings. The molecule has 290 valence electrons. The second kappa shape index (κ2) is 16.5. The number of thioether (sulfide) groups is 3. The molecule has 11 nitrogen and oxygen atoms in total. The van der Waals surface area contributed by atoms with Gasteiger partial charge in [-0.1, -0.05) is 127 Å². The Hall–Kier alpha value is -4.89. The number of nitrogens with zero attached hydrogens (tertiary/aromatic N) is 8. The summed E-state index contributed by atoms with van der Waals surface area (Å²) < 4.78 is 0. The Labute approximate surface area is 345 Å². The predicted molar refractivity (Wildman–Crippen MR) is 233 cm³/mol. The van der Waals surface area contributed by atoms with Crippen LogP contribution in [0.25, 0.3) is 0 Å². The molecule has 4 aromatic rings. The van der Waals surface area contributed by atoms with Crippen molar-refractivity contribution in [3.63, 3.8) is 0 Å². The topological polar surface area (TPSA) is 104 Å². The number of carbonyl (C=O) groups is 3. The lowest BCUT2D eigenvalue weighted by Crippen LogP contribution is -2.70. The summed E-state index contributed by atoms with van der Waals surface area (Å²) in [6.45, 7) is 0.580. The molecular weight excluding hydrogens is 773 g/mol. The average Bonchev–Trinajstić information content (AvgIpc) is 3.85. The highest BCUT2D eigenvalue weighted by Crippen LogP contribution is 2.46. The van der Waals surface area contributed by atoms with Gasteiger partial charge >= 0.3 is 0 Å². The first kappa shape index (κ1) is 37.7. The SMILES string of the molecule is O=C1C(CN2N=C3SCC(=O)N3N(CC3SC(=Nc4ccccc4)N(c4ccccc4)C3=O)C23CCCCCCC3)SC(=Nc2ccccc2)N1c1ccccc1. The zero-order chi connectivity index (χ0) is 38.8. The molecule has 4 aliphatic heterocycles. The third kappa shape index (κ3) is 7.51. The van der Waals surface area contributed by atoms with E-state index in [4.69, 9.17) is 15.1 Å². The van der Waals surface area contributed by atoms with Gasteiger partial charge in [0.15, 0.2) is 10.3 Å². The van der Waals surface area contributed by atoms with Gasteiger partial charge in [-0.3, -0.25) is 29.2 Å². The van der Waals surface area contributed by atoms with Gasteiger partial charge < -0.3 is 0 Å². The van der Waals surface area contributed by atoms with E-state index in [1.165, 1.54) is 35.3 Å². The molecule has 0 radical (unpaired) electrons. The van der Waals surface area contributed by atoms with E-state index in [1.807, 2.05) is 121 Å². The highest BCUT2D eigenvalue weighted by molar-refractivity contribution is 8.16. The van der Waals surface area contributed by atoms with Crippen LogP contribution in [0.3, 0.4) is 0 Å². The Morgan fingerprint density at radius 1 is 0.596 bits per heavy atom. The first-order chi connectivity index (χ1) is 28.0. The number of anilines is 2. The van der Waals surface area contributed by atoms with Gasteiger partial charge in [-0.15, -0.1) is 5.10 Å². The third-order valence-electron chi connectivity index (χ3n) is 10.8. The Morgan fingerprint density at radius 2 is 1.05 bits per heavy atom. The standard InChI is InChI=1S/C43H42N8O3S3/c52-37-30-55-42-46-47(28-35-38(53)49(33-22-12-6-13-23-33)40(56-35)44-31-18-8-4-9-19-31)43(26-16-2-1-3-17-27-43)48(51(37)42)29-36-39(54)50(34-24-14-7-15-25-34)41(57-36)45-32-20-10-5-11-21-32/h4-15,18-25,35-36H,1-3,16-17,26-30H2. The number of para-hydroxylation sites is 4. The summed E-state index contributed by atoms with van der Waals surface area (Å²) in [7, 11) is 0. The van der Waals surface area contributed by atoms with Crippen molar-refractivity contribution in [1.29, 1.82) is 0 Å². The molecule has 2 atom stereocenters. The highest BCUT2D eigenvalue weighted by atomic mass is 32.2. The quantitative estimate of drug-likeness (QED) is 0.175. The van der Waals surface area contributed by atoms with Crippen molar-refractivity contribution in [1.82, 2.24) is 15.0 Å². The highest BCUT2D eigenvalue weighted by Gasteiger charge is 2.56. The van der Waals surface area contributed by atoms with Gasteiger partial charge in [0.2, 0.25) is 17.0 Å². The van der Waals surface area contributed by atoms with Gasteiger partial charge in [0.05, 0.1) is 35.0 Å². The van der Waals surface area contributed by atoms with Crippen molar-refractivity contribution in [2.24, 2.45) is 15.1 Å². The Kier molecular flexibility index (Phi) is 10.9. The van der Waals surface area contributed by atoms with Crippen LogP contribution in [0.15, 0.2) is 136 Å². The normalized spacial score (nSPS) is 24.1. The van der Waals surface area contributed by atoms with Gasteiger partial charge in [-0.25, -0.2) is 15.0 Å². The lowest BCUT2D eigenvalue weighted by atomic mass is 9.89. The fourth-order valence-electron chi connectivity index (χ4n) is 8.12. The molecule has 2 unspecified atom stereocenters. The van der Waals surface area contributed by atoms with Crippen molar-refractivity contribution in [2.45, 2.75) is 61.1 Å². The average molecular weight is 815 g/mol. The van der Waals surface area contributed by atoms with Crippen molar-refractivity contribution < 1.29 is 14.4 Å². The van der Waals surface area contributed by atoms with Gasteiger partial charge in [-0.2, -0.15) is 5.01 Å². The summed E-state index contributed by atoms with van der Waals surface area (Å²) in [6, 6.07) is 38.7. The second-order valence-corrected chi connectivity index (χ2v) is 17.8. The zero-order valence-electron chi connectivity index (χ0n) is 31.3. The van der Waals surface area contributed by atoms with Crippen LogP contribution in [-0.2, 0) is 14.4 Å². The molecule has 1 spiro atoms. The van der Waals surface area contributed by atoms with Crippen LogP contribution in [0, 0.1) is 0 Å². The molecule has 3 saturated heterocycles. The number of benzene rings is 4. The van der Waals surface area contributed by atoms with Crippen LogP contribution in [0.4, 0.5) is 22.7 Å². The number of aliphatic imine (C=N–C) groups is 2. The second-order valence-electron chi connectivity index (χ2n) is 14.5. The van der Waals surface area contributed by atoms with Gasteiger partial charge in [0.1, 0.15) is 16.2 Å². The Morgan fingerprint density at radius 3 is 1.56 bits per heavy atom. The van der Waals surface area contributed by atoms with Crippen molar-refractivity contribution >= 4 is 91.3 Å². The number of amidine groups is 3. The van der Waals surface area contributed by atoms with Gasteiger partial charge in [-0.05, 0) is 74.2 Å². The molecule has 57 heavy (non-hydrogen) atoms. The number of hydrazine groups is 1. The molecule has 0 aromatic heterocycles. The maximum Gasteiger partial charge on any atom is 0.253 e. The molecule has 4 heterocycles. The number of hydrogen-bond donors (Lipinski definition) is 0. The fourth-order valence-corrected chi connectivity index (χ4v) is 11.2. The molecule has 9 rings (SSSR count). The van der Waals surface area contributed by atoms with Crippen LogP contribution in [-0.4, -0.2) is 83.3 Å². The molecule has 3 amide bonds. The van der Waals surface area contributed by atoms with Gasteiger partial charge in [0.25, 0.3) is 5.91 Å². The van der Waals surface area contributed by atoms with E-state index in [0.29, 0.717) is 22.0 Å². The van der Waals surface area contributed by atoms with Crippen LogP contribution >= 0.6 is 35.3 Å². The maximum atomic E-state index is 14.7. The van der Waals surface area contributed by atoms with Crippen LogP contribution in [0.2, 0.25) is 0 Å². The lowest BCUT2D eigenvalue weighted by molar-refractivity contribution is -0.184. The lowest BCUT2D eigenvalue weighted by Gasteiger charge is -2.56. The van der Waals surface area contributed by atoms with Crippen molar-refractivity contribution in [3.05, 3.63) is 121 Å². The molecular formula is C43H42N8O3S3. The summed E-state index contributed by atoms with van der Waals surface area (Å²) in [6.07, 6.45) is 6.58. The van der Waals surface area contributed by atoms with E-state index in [2.05, 4.69) is 10.0 Å². The minimum Gasteiger partial charge on any atom is -0.273 e. The van der Waals surface area contributed by atoms with E-state index in [0.717, 1.165) is 67.7 Å².